The lowest BCUT2D eigenvalue weighted by Crippen LogP contribution is -2.29. The van der Waals surface area contributed by atoms with Crippen molar-refractivity contribution >= 4 is 32.7 Å². The van der Waals surface area contributed by atoms with Gasteiger partial charge < -0.3 is 18.6 Å². The molecule has 3 aromatic rings. The van der Waals surface area contributed by atoms with Crippen LogP contribution in [0.3, 0.4) is 0 Å². The largest absolute Gasteiger partial charge is 0.744 e. The predicted molar refractivity (Wildman–Crippen MR) is 179 cm³/mol. The molecule has 1 aliphatic carbocycles. The number of esters is 1. The number of fused-ring (bicyclic) bond motifs is 2. The number of carbonyl (C=O) groups is 1. The smallest absolute Gasteiger partial charge is 0.338 e. The molecular formula is C36H39FN2O6S. The van der Waals surface area contributed by atoms with Crippen molar-refractivity contribution < 1.29 is 31.3 Å². The van der Waals surface area contributed by atoms with E-state index in [0.717, 1.165) is 70.6 Å². The van der Waals surface area contributed by atoms with Crippen molar-refractivity contribution in [1.82, 2.24) is 4.58 Å². The molecule has 2 aliphatic rings. The summed E-state index contributed by atoms with van der Waals surface area (Å²) in [6.45, 7) is 11.1. The number of nitrogens with zero attached hydrogens (tertiary/aromatic N) is 2. The zero-order chi connectivity index (χ0) is 33.3. The Morgan fingerprint density at radius 2 is 1.54 bits per heavy atom. The molecule has 0 saturated carbocycles. The molecule has 46 heavy (non-hydrogen) atoms. The zero-order valence-corrected chi connectivity index (χ0v) is 27.3. The van der Waals surface area contributed by atoms with Gasteiger partial charge in [0.2, 0.25) is 5.36 Å². The Bertz CT molecular complexity index is 1930. The molecule has 0 fully saturated rings. The van der Waals surface area contributed by atoms with E-state index < -0.39 is 22.8 Å². The second-order valence-corrected chi connectivity index (χ2v) is 11.7. The maximum atomic E-state index is 12.9. The van der Waals surface area contributed by atoms with Gasteiger partial charge in [-0.25, -0.2) is 22.2 Å². The summed E-state index contributed by atoms with van der Waals surface area (Å²) in [6, 6.07) is 27.0. The highest BCUT2D eigenvalue weighted by Gasteiger charge is 2.23. The van der Waals surface area contributed by atoms with Crippen LogP contribution >= 0.6 is 0 Å². The second kappa shape index (κ2) is 15.6. The molecule has 242 valence electrons. The van der Waals surface area contributed by atoms with Crippen molar-refractivity contribution in [2.45, 2.75) is 32.6 Å². The van der Waals surface area contributed by atoms with E-state index in [2.05, 4.69) is 73.6 Å². The van der Waals surface area contributed by atoms with Gasteiger partial charge in [0, 0.05) is 47.4 Å². The summed E-state index contributed by atoms with van der Waals surface area (Å²) in [7, 11) is -4.25. The standard InChI is InChI=1S/C30H34FN2O3.C6H6O3S/c1-5-32(6-2)21-13-15-25-27(19-21)36-28-20-22(33(7-3)8-4)14-16-26(28)29(25)23-11-9-10-12-24(23)30(34)35-18-17-31;7-10(8,9)6-4-2-1-3-5-6/h9-16,19-20H,5-8,17-18H2,1-4H3;1-5H,(H,7,8,9)/q+1;/p-1/i31-1;. The molecule has 5 rings (SSSR count). The number of hydrogen-bond donors (Lipinski definition) is 0. The van der Waals surface area contributed by atoms with Crippen LogP contribution in [0.25, 0.3) is 33.4 Å². The highest BCUT2D eigenvalue weighted by molar-refractivity contribution is 7.85. The van der Waals surface area contributed by atoms with Crippen LogP contribution < -0.4 is 14.8 Å². The summed E-state index contributed by atoms with van der Waals surface area (Å²) in [4.78, 5) is 15.0. The minimum absolute atomic E-state index is 0.185. The Labute approximate surface area is 269 Å². The summed E-state index contributed by atoms with van der Waals surface area (Å²) < 4.78 is 57.5. The van der Waals surface area contributed by atoms with Crippen LogP contribution in [-0.4, -0.2) is 58.4 Å². The molecule has 1 heterocycles. The minimum Gasteiger partial charge on any atom is -0.744 e. The summed E-state index contributed by atoms with van der Waals surface area (Å²) in [5.74, 6) is 0.204. The quantitative estimate of drug-likeness (QED) is 0.0732. The van der Waals surface area contributed by atoms with Crippen LogP contribution in [0, 0.1) is 0 Å². The summed E-state index contributed by atoms with van der Waals surface area (Å²) >= 11 is 0. The first-order valence-corrected chi connectivity index (χ1v) is 16.7. The number of ether oxygens (including phenoxy) is 1. The number of alkyl halides is 1. The Kier molecular flexibility index (Phi) is 11.7. The maximum Gasteiger partial charge on any atom is 0.338 e. The number of halogens is 1. The molecule has 1 aliphatic heterocycles. The average Bonchev–Trinajstić information content (AvgIpc) is 3.07. The third-order valence-electron chi connectivity index (χ3n) is 7.70. The van der Waals surface area contributed by atoms with Gasteiger partial charge in [0.05, 0.1) is 16.5 Å². The Hall–Kier alpha value is -4.54. The van der Waals surface area contributed by atoms with Gasteiger partial charge in [-0.15, -0.1) is 0 Å². The van der Waals surface area contributed by atoms with Crippen LogP contribution in [0.15, 0.2) is 100 Å². The highest BCUT2D eigenvalue weighted by atomic mass is 32.2. The molecule has 0 aromatic heterocycles. The summed E-state index contributed by atoms with van der Waals surface area (Å²) in [6.07, 6.45) is 0. The molecule has 0 atom stereocenters. The summed E-state index contributed by atoms with van der Waals surface area (Å²) in [5.41, 5.74) is 4.76. The third kappa shape index (κ3) is 7.81. The van der Waals surface area contributed by atoms with Crippen LogP contribution in [0.5, 0.6) is 0 Å². The molecule has 0 bridgehead atoms. The van der Waals surface area contributed by atoms with Crippen LogP contribution in [0.2, 0.25) is 0 Å². The number of hydrogen-bond acceptors (Lipinski definition) is 7. The molecular weight excluding hydrogens is 606 g/mol. The Balaban J connectivity index is 0.000000409. The first-order valence-electron chi connectivity index (χ1n) is 15.3. The normalized spacial score (nSPS) is 11.2. The van der Waals surface area contributed by atoms with Crippen molar-refractivity contribution in [2.75, 3.05) is 44.4 Å². The maximum absolute atomic E-state index is 12.9. The third-order valence-corrected chi connectivity index (χ3v) is 8.55. The highest BCUT2D eigenvalue weighted by Crippen LogP contribution is 2.42. The van der Waals surface area contributed by atoms with E-state index in [0.29, 0.717) is 5.56 Å². The van der Waals surface area contributed by atoms with E-state index >= 15 is 0 Å². The van der Waals surface area contributed by atoms with Gasteiger partial charge >= 0.3 is 5.97 Å². The van der Waals surface area contributed by atoms with E-state index in [1.807, 2.05) is 12.1 Å². The fourth-order valence-corrected chi connectivity index (χ4v) is 5.89. The van der Waals surface area contributed by atoms with Crippen molar-refractivity contribution in [3.8, 4) is 22.5 Å². The zero-order valence-electron chi connectivity index (χ0n) is 26.5. The van der Waals surface area contributed by atoms with Crippen molar-refractivity contribution in [1.29, 1.82) is 0 Å². The van der Waals surface area contributed by atoms with Gasteiger partial charge in [-0.2, -0.15) is 0 Å². The lowest BCUT2D eigenvalue weighted by Gasteiger charge is -2.22. The van der Waals surface area contributed by atoms with Gasteiger partial charge in [0.1, 0.15) is 47.8 Å². The lowest BCUT2D eigenvalue weighted by atomic mass is 9.90. The molecule has 10 heteroatoms. The first kappa shape index (κ1) is 34.3. The first-order chi connectivity index (χ1) is 22.2. The van der Waals surface area contributed by atoms with E-state index in [1.165, 1.54) is 24.3 Å². The molecule has 0 N–H and O–H groups in total. The van der Waals surface area contributed by atoms with Gasteiger partial charge in [-0.3, -0.25) is 0 Å². The van der Waals surface area contributed by atoms with Crippen molar-refractivity contribution in [2.24, 2.45) is 0 Å². The topological polar surface area (TPSA) is 103 Å². The molecule has 0 unspecified atom stereocenters. The second-order valence-electron chi connectivity index (χ2n) is 10.3. The Morgan fingerprint density at radius 1 is 0.870 bits per heavy atom. The lowest BCUT2D eigenvalue weighted by molar-refractivity contribution is 0.0482. The molecule has 0 spiro atoms. The fraction of sp³-hybridized carbons (Fsp3) is 0.278. The van der Waals surface area contributed by atoms with Crippen molar-refractivity contribution in [3.63, 3.8) is 0 Å². The van der Waals surface area contributed by atoms with E-state index in [1.54, 1.807) is 18.2 Å². The number of anilines is 1. The predicted octanol–water partition coefficient (Wildman–Crippen LogP) is 6.58. The van der Waals surface area contributed by atoms with E-state index in [-0.39, 0.29) is 11.5 Å². The minimum atomic E-state index is -4.25. The van der Waals surface area contributed by atoms with E-state index in [4.69, 9.17) is 9.15 Å². The van der Waals surface area contributed by atoms with Crippen LogP contribution in [-0.2, 0) is 14.9 Å². The number of carbonyl (C=O) groups excluding carboxylic acids is 1. The monoisotopic (exact) mass is 645 g/mol. The molecule has 0 amide bonds. The van der Waals surface area contributed by atoms with E-state index in [9.17, 15) is 22.2 Å². The average molecular weight is 646 g/mol. The number of rotatable bonds is 10. The number of benzene rings is 4. The van der Waals surface area contributed by atoms with Gasteiger partial charge in [-0.05, 0) is 69.7 Å². The fourth-order valence-electron chi connectivity index (χ4n) is 5.40. The Morgan fingerprint density at radius 3 is 2.15 bits per heavy atom. The van der Waals surface area contributed by atoms with Crippen molar-refractivity contribution in [3.05, 3.63) is 102 Å². The summed E-state index contributed by atoms with van der Waals surface area (Å²) in [5, 5.41) is 1.98. The molecule has 3 aromatic carbocycles. The van der Waals surface area contributed by atoms with Gasteiger partial charge in [-0.1, -0.05) is 36.4 Å². The van der Waals surface area contributed by atoms with Gasteiger partial charge in [0.15, 0.2) is 0 Å². The SMILES string of the molecule is CCN(CC)c1ccc2c(-c3ccccc3C(=O)OCC[18F])c3ccc(=[N+](CC)CC)cc-3oc2c1.O=S(=O)([O-])c1ccccc1. The molecule has 0 radical (unpaired) electrons. The molecule has 8 nitrogen and oxygen atoms in total. The van der Waals surface area contributed by atoms with Crippen LogP contribution in [0.1, 0.15) is 38.1 Å². The van der Waals surface area contributed by atoms with Gasteiger partial charge in [0.25, 0.3) is 0 Å². The van der Waals surface area contributed by atoms with Crippen LogP contribution in [0.4, 0.5) is 10.1 Å². The molecule has 0 saturated heterocycles.